The lowest BCUT2D eigenvalue weighted by Crippen LogP contribution is -2.21. The van der Waals surface area contributed by atoms with E-state index in [0.717, 1.165) is 0 Å². The molecule has 0 unspecified atom stereocenters. The van der Waals surface area contributed by atoms with Gasteiger partial charge in [-0.3, -0.25) is 0 Å². The molecule has 0 aliphatic rings. The van der Waals surface area contributed by atoms with Gasteiger partial charge in [0.25, 0.3) is 0 Å². The number of nitrogens with one attached hydrogen (secondary N) is 2. The predicted molar refractivity (Wildman–Crippen MR) is 87.5 cm³/mol. The molecule has 8 heteroatoms. The maximum absolute atomic E-state index is 11.9. The smallest absolute Gasteiger partial charge is 0.337 e. The molecule has 2 amide bonds. The van der Waals surface area contributed by atoms with Gasteiger partial charge in [0.1, 0.15) is 0 Å². The Morgan fingerprint density at radius 3 is 2.09 bits per heavy atom. The summed E-state index contributed by atoms with van der Waals surface area (Å²) in [5, 5.41) is 15.0. The fourth-order valence-corrected chi connectivity index (χ4v) is 2.42. The monoisotopic (exact) mass is 358 g/mol. The number of carboxylic acid groups (broad SMARTS) is 1. The second-order valence-corrected chi connectivity index (χ2v) is 5.54. The highest BCUT2D eigenvalue weighted by Gasteiger charge is 2.13. The fourth-order valence-electron chi connectivity index (χ4n) is 1.72. The molecule has 114 valence electrons. The molecule has 22 heavy (non-hydrogen) atoms. The van der Waals surface area contributed by atoms with Gasteiger partial charge >= 0.3 is 12.0 Å². The second kappa shape index (κ2) is 6.87. The van der Waals surface area contributed by atoms with Gasteiger partial charge in [-0.15, -0.1) is 0 Å². The number of anilines is 2. The molecule has 0 saturated carbocycles. The molecule has 0 radical (unpaired) electrons. The number of amides is 2. The highest BCUT2D eigenvalue weighted by molar-refractivity contribution is 6.35. The lowest BCUT2D eigenvalue weighted by molar-refractivity contribution is 0.0698. The third kappa shape index (κ3) is 4.27. The van der Waals surface area contributed by atoms with Crippen molar-refractivity contribution in [1.29, 1.82) is 0 Å². The van der Waals surface area contributed by atoms with E-state index in [-0.39, 0.29) is 11.3 Å². The lowest BCUT2D eigenvalue weighted by Gasteiger charge is -2.11. The molecule has 0 aromatic heterocycles. The number of aromatic carboxylic acids is 1. The molecule has 0 aliphatic carbocycles. The van der Waals surface area contributed by atoms with Crippen molar-refractivity contribution in [2.24, 2.45) is 0 Å². The number of carboxylic acids is 1. The van der Waals surface area contributed by atoms with Crippen LogP contribution in [0.3, 0.4) is 0 Å². The topological polar surface area (TPSA) is 78.4 Å². The third-order valence-corrected chi connectivity index (χ3v) is 3.25. The first-order valence-electron chi connectivity index (χ1n) is 5.92. The summed E-state index contributed by atoms with van der Waals surface area (Å²) < 4.78 is 0. The molecule has 0 fully saturated rings. The first-order valence-corrected chi connectivity index (χ1v) is 7.05. The Bertz CT molecular complexity index is 730. The van der Waals surface area contributed by atoms with Gasteiger partial charge in [0.05, 0.1) is 11.3 Å². The summed E-state index contributed by atoms with van der Waals surface area (Å²) in [6.07, 6.45) is 0. The van der Waals surface area contributed by atoms with Crippen LogP contribution in [0.5, 0.6) is 0 Å². The van der Waals surface area contributed by atoms with Gasteiger partial charge in [-0.1, -0.05) is 34.8 Å². The van der Waals surface area contributed by atoms with Crippen LogP contribution in [0.2, 0.25) is 15.1 Å². The standard InChI is InChI=1S/C14H9Cl3N2O3/c15-7-1-2-11(13(20)21)12(6-7)19-14(22)18-10-4-8(16)3-9(17)5-10/h1-6H,(H,20,21)(H2,18,19,22). The van der Waals surface area contributed by atoms with Crippen molar-refractivity contribution in [1.82, 2.24) is 0 Å². The van der Waals surface area contributed by atoms with E-state index < -0.39 is 12.0 Å². The van der Waals surface area contributed by atoms with Crippen LogP contribution in [-0.4, -0.2) is 17.1 Å². The first kappa shape index (κ1) is 16.4. The van der Waals surface area contributed by atoms with E-state index in [4.69, 9.17) is 39.9 Å². The highest BCUT2D eigenvalue weighted by Crippen LogP contribution is 2.24. The van der Waals surface area contributed by atoms with Gasteiger partial charge in [-0.25, -0.2) is 9.59 Å². The minimum absolute atomic E-state index is 0.0747. The predicted octanol–water partition coefficient (Wildman–Crippen LogP) is 4.99. The molecule has 2 rings (SSSR count). The number of hydrogen-bond donors (Lipinski definition) is 3. The van der Waals surface area contributed by atoms with Crippen LogP contribution in [0.15, 0.2) is 36.4 Å². The van der Waals surface area contributed by atoms with Crippen molar-refractivity contribution >= 4 is 58.2 Å². The van der Waals surface area contributed by atoms with Crippen LogP contribution >= 0.6 is 34.8 Å². The van der Waals surface area contributed by atoms with Gasteiger partial charge in [-0.05, 0) is 36.4 Å². The quantitative estimate of drug-likeness (QED) is 0.722. The number of halogens is 3. The second-order valence-electron chi connectivity index (χ2n) is 4.23. The maximum atomic E-state index is 11.9. The van der Waals surface area contributed by atoms with Crippen LogP contribution < -0.4 is 10.6 Å². The van der Waals surface area contributed by atoms with Crippen molar-refractivity contribution < 1.29 is 14.7 Å². The van der Waals surface area contributed by atoms with E-state index in [9.17, 15) is 9.59 Å². The maximum Gasteiger partial charge on any atom is 0.337 e. The normalized spacial score (nSPS) is 10.1. The van der Waals surface area contributed by atoms with Gasteiger partial charge in [0, 0.05) is 20.8 Å². The van der Waals surface area contributed by atoms with E-state index in [1.54, 1.807) is 0 Å². The summed E-state index contributed by atoms with van der Waals surface area (Å²) in [6.45, 7) is 0. The average molecular weight is 360 g/mol. The largest absolute Gasteiger partial charge is 0.478 e. The molecule has 5 nitrogen and oxygen atoms in total. The number of carbonyl (C=O) groups excluding carboxylic acids is 1. The Labute approximate surface area is 140 Å². The fraction of sp³-hybridized carbons (Fsp3) is 0. The summed E-state index contributed by atoms with van der Waals surface area (Å²) >= 11 is 17.5. The molecule has 0 aliphatic heterocycles. The molecular weight excluding hydrogens is 351 g/mol. The lowest BCUT2D eigenvalue weighted by atomic mass is 10.2. The Morgan fingerprint density at radius 1 is 0.864 bits per heavy atom. The Hall–Kier alpha value is -1.95. The molecule has 0 atom stereocenters. The summed E-state index contributed by atoms with van der Waals surface area (Å²) in [4.78, 5) is 23.1. The number of carbonyl (C=O) groups is 2. The Morgan fingerprint density at radius 2 is 1.50 bits per heavy atom. The Kier molecular flexibility index (Phi) is 5.13. The van der Waals surface area contributed by atoms with E-state index in [1.165, 1.54) is 36.4 Å². The zero-order valence-electron chi connectivity index (χ0n) is 10.9. The van der Waals surface area contributed by atoms with Crippen molar-refractivity contribution in [2.45, 2.75) is 0 Å². The van der Waals surface area contributed by atoms with Crippen LogP contribution in [-0.2, 0) is 0 Å². The molecule has 3 N–H and O–H groups in total. The van der Waals surface area contributed by atoms with Crippen molar-refractivity contribution in [3.05, 3.63) is 57.0 Å². The van der Waals surface area contributed by atoms with E-state index >= 15 is 0 Å². The molecule has 0 heterocycles. The summed E-state index contributed by atoms with van der Waals surface area (Å²) in [5.74, 6) is -1.18. The highest BCUT2D eigenvalue weighted by atomic mass is 35.5. The number of benzene rings is 2. The SMILES string of the molecule is O=C(Nc1cc(Cl)cc(Cl)c1)Nc1cc(Cl)ccc1C(=O)O. The van der Waals surface area contributed by atoms with Gasteiger partial charge in [0.2, 0.25) is 0 Å². The molecular formula is C14H9Cl3N2O3. The minimum atomic E-state index is -1.18. The van der Waals surface area contributed by atoms with Crippen molar-refractivity contribution in [3.63, 3.8) is 0 Å². The van der Waals surface area contributed by atoms with E-state index in [1.807, 2.05) is 0 Å². The molecule has 0 bridgehead atoms. The first-order chi connectivity index (χ1) is 10.3. The Balaban J connectivity index is 2.18. The molecule has 0 saturated heterocycles. The van der Waals surface area contributed by atoms with Gasteiger partial charge in [-0.2, -0.15) is 0 Å². The molecule has 2 aromatic rings. The summed E-state index contributed by atoms with van der Waals surface area (Å²) in [5.41, 5.74) is 0.364. The third-order valence-electron chi connectivity index (χ3n) is 2.58. The summed E-state index contributed by atoms with van der Waals surface area (Å²) in [7, 11) is 0. The van der Waals surface area contributed by atoms with E-state index in [0.29, 0.717) is 20.8 Å². The van der Waals surface area contributed by atoms with Crippen molar-refractivity contribution in [2.75, 3.05) is 10.6 Å². The van der Waals surface area contributed by atoms with Crippen LogP contribution in [0.1, 0.15) is 10.4 Å². The van der Waals surface area contributed by atoms with Gasteiger partial charge in [0.15, 0.2) is 0 Å². The summed E-state index contributed by atoms with van der Waals surface area (Å²) in [6, 6.07) is 7.94. The van der Waals surface area contributed by atoms with Gasteiger partial charge < -0.3 is 15.7 Å². The number of hydrogen-bond acceptors (Lipinski definition) is 2. The number of urea groups is 1. The van der Waals surface area contributed by atoms with Crippen LogP contribution in [0.4, 0.5) is 16.2 Å². The average Bonchev–Trinajstić information content (AvgIpc) is 2.36. The molecule has 2 aromatic carbocycles. The zero-order chi connectivity index (χ0) is 16.3. The minimum Gasteiger partial charge on any atom is -0.478 e. The number of rotatable bonds is 3. The zero-order valence-corrected chi connectivity index (χ0v) is 13.1. The van der Waals surface area contributed by atoms with Crippen LogP contribution in [0.25, 0.3) is 0 Å². The van der Waals surface area contributed by atoms with Crippen LogP contribution in [0, 0.1) is 0 Å². The van der Waals surface area contributed by atoms with Crippen molar-refractivity contribution in [3.8, 4) is 0 Å². The van der Waals surface area contributed by atoms with E-state index in [2.05, 4.69) is 10.6 Å². The molecule has 0 spiro atoms.